The Morgan fingerprint density at radius 1 is 1.32 bits per heavy atom. The number of nitrogens with zero attached hydrogens (tertiary/aromatic N) is 1. The van der Waals surface area contributed by atoms with Crippen LogP contribution in [0.2, 0.25) is 0 Å². The van der Waals surface area contributed by atoms with Gasteiger partial charge >= 0.3 is 126 Å². The summed E-state index contributed by atoms with van der Waals surface area (Å²) in [5.41, 5.74) is 3.92. The summed E-state index contributed by atoms with van der Waals surface area (Å²) < 4.78 is 6.33. The molecule has 0 radical (unpaired) electrons. The van der Waals surface area contributed by atoms with E-state index < -0.39 is 0 Å². The summed E-state index contributed by atoms with van der Waals surface area (Å²) in [4.78, 5) is 16.0. The summed E-state index contributed by atoms with van der Waals surface area (Å²) in [7, 11) is 5.29. The van der Waals surface area contributed by atoms with Gasteiger partial charge in [0, 0.05) is 0 Å². The van der Waals surface area contributed by atoms with Gasteiger partial charge in [-0.15, -0.1) is 0 Å². The molecule has 4 heteroatoms. The summed E-state index contributed by atoms with van der Waals surface area (Å²) in [5.74, 6) is -0.163. The quantitative estimate of drug-likeness (QED) is 0.369. The van der Waals surface area contributed by atoms with Gasteiger partial charge in [0.15, 0.2) is 0 Å². The van der Waals surface area contributed by atoms with Crippen LogP contribution in [0.15, 0.2) is 12.1 Å². The van der Waals surface area contributed by atoms with Crippen molar-refractivity contribution in [2.24, 2.45) is 0 Å². The third kappa shape index (κ3) is 4.18. The molecule has 0 aromatic heterocycles. The molecule has 0 N–H and O–H groups in total. The van der Waals surface area contributed by atoms with Gasteiger partial charge in [-0.25, -0.2) is 0 Å². The number of carbonyl (C=O) groups is 1. The maximum atomic E-state index is 11.9. The molecule has 1 rings (SSSR count). The number of hydrogen-bond donors (Lipinski definition) is 0. The Kier molecular flexibility index (Phi) is 6.26. The van der Waals surface area contributed by atoms with Gasteiger partial charge < -0.3 is 0 Å². The predicted molar refractivity (Wildman–Crippen MR) is 73.7 cm³/mol. The van der Waals surface area contributed by atoms with Crippen molar-refractivity contribution in [3.8, 4) is 0 Å². The van der Waals surface area contributed by atoms with Crippen molar-refractivity contribution < 1.29 is 30.7 Å². The Balaban J connectivity index is 3.08. The second kappa shape index (κ2) is 7.24. The van der Waals surface area contributed by atoms with Gasteiger partial charge in [0.2, 0.25) is 0 Å². The number of benzene rings is 1. The molecule has 0 spiro atoms. The van der Waals surface area contributed by atoms with Crippen molar-refractivity contribution in [3.05, 3.63) is 32.4 Å². The molecule has 0 bridgehead atoms. The topological polar surface area (TPSA) is 29.5 Å². The number of esters is 1. The van der Waals surface area contributed by atoms with Crippen LogP contribution >= 0.6 is 0 Å². The van der Waals surface area contributed by atoms with Gasteiger partial charge in [-0.3, -0.25) is 0 Å². The number of ether oxygens (including phenoxy) is 1. The zero-order valence-electron chi connectivity index (χ0n) is 12.6. The molecule has 1 unspecified atom stereocenters. The number of hydrogen-bond acceptors (Lipinski definition) is 3. The summed E-state index contributed by atoms with van der Waals surface area (Å²) in [6, 6.07) is 4.30. The number of alkyl halides is 1. The fourth-order valence-corrected chi connectivity index (χ4v) is 3.84. The monoisotopic (exact) mass is 376 g/mol. The number of halogens is 1. The summed E-state index contributed by atoms with van der Waals surface area (Å²) in [5, 5.41) is 0. The standard InChI is InChI=1S/C15H23INO2/c1-10-7-12(13(16-3)8-11(10)2)9-14(17(4)5)15(18)19-6/h7-8,14H,9H2,1-6H3/q-1. The average Bonchev–Trinajstić information content (AvgIpc) is 2.38. The van der Waals surface area contributed by atoms with Crippen molar-refractivity contribution in [2.75, 3.05) is 26.1 Å². The van der Waals surface area contributed by atoms with Crippen molar-refractivity contribution in [3.63, 3.8) is 0 Å². The molecule has 1 atom stereocenters. The molecule has 0 saturated carbocycles. The number of methoxy groups -OCH3 is 1. The van der Waals surface area contributed by atoms with Crippen LogP contribution in [0.3, 0.4) is 0 Å². The Morgan fingerprint density at radius 3 is 2.37 bits per heavy atom. The molecule has 0 heterocycles. The first-order valence-corrected chi connectivity index (χ1v) is 9.48. The molecular formula is C15H23INO2-. The predicted octanol–water partition coefficient (Wildman–Crippen LogP) is -1.16. The fraction of sp³-hybridized carbons (Fsp3) is 0.533. The van der Waals surface area contributed by atoms with Crippen molar-refractivity contribution in [1.82, 2.24) is 4.90 Å². The molecule has 108 valence electrons. The first-order chi connectivity index (χ1) is 8.90. The molecule has 0 aliphatic carbocycles. The van der Waals surface area contributed by atoms with Crippen molar-refractivity contribution in [2.45, 2.75) is 26.3 Å². The van der Waals surface area contributed by atoms with Crippen LogP contribution in [0.1, 0.15) is 16.7 Å². The molecule has 3 nitrogen and oxygen atoms in total. The van der Waals surface area contributed by atoms with Gasteiger partial charge in [-0.05, 0) is 0 Å². The van der Waals surface area contributed by atoms with E-state index in [4.69, 9.17) is 4.74 Å². The van der Waals surface area contributed by atoms with Gasteiger partial charge in [-0.2, -0.15) is 0 Å². The SMILES string of the molecule is COC(=O)C(Cc1cc(C)c(C)cc1[I-]C)N(C)C. The first kappa shape index (κ1) is 16.4. The molecule has 19 heavy (non-hydrogen) atoms. The van der Waals surface area contributed by atoms with E-state index in [2.05, 4.69) is 30.9 Å². The molecule has 0 aliphatic rings. The zero-order valence-corrected chi connectivity index (χ0v) is 14.7. The number of carbonyl (C=O) groups excluding carboxylic acids is 1. The first-order valence-electron chi connectivity index (χ1n) is 6.24. The van der Waals surface area contributed by atoms with E-state index in [1.807, 2.05) is 19.0 Å². The van der Waals surface area contributed by atoms with Crippen LogP contribution in [-0.2, 0) is 16.0 Å². The van der Waals surface area contributed by atoms with Gasteiger partial charge in [0.05, 0.1) is 0 Å². The Labute approximate surface area is 126 Å². The zero-order chi connectivity index (χ0) is 14.6. The van der Waals surface area contributed by atoms with Crippen LogP contribution in [0, 0.1) is 17.4 Å². The fourth-order valence-electron chi connectivity index (χ4n) is 1.99. The summed E-state index contributed by atoms with van der Waals surface area (Å²) in [6.07, 6.45) is 0.726. The van der Waals surface area contributed by atoms with E-state index in [0.717, 1.165) is 6.42 Å². The van der Waals surface area contributed by atoms with E-state index >= 15 is 0 Å². The number of rotatable bonds is 5. The Hall–Kier alpha value is -0.620. The second-order valence-corrected chi connectivity index (χ2v) is 7.16. The van der Waals surface area contributed by atoms with Crippen LogP contribution < -0.4 is 21.2 Å². The van der Waals surface area contributed by atoms with E-state index in [1.165, 1.54) is 27.4 Å². The second-order valence-electron chi connectivity index (χ2n) is 4.92. The van der Waals surface area contributed by atoms with Crippen LogP contribution in [0.25, 0.3) is 0 Å². The number of likely N-dealkylation sites (N-methyl/N-ethyl adjacent to an activating group) is 1. The van der Waals surface area contributed by atoms with Gasteiger partial charge in [-0.1, -0.05) is 0 Å². The molecule has 1 aromatic rings. The van der Waals surface area contributed by atoms with Gasteiger partial charge in [0.1, 0.15) is 0 Å². The third-order valence-electron chi connectivity index (χ3n) is 3.38. The molecule has 0 saturated heterocycles. The minimum absolute atomic E-state index is 0.0114. The van der Waals surface area contributed by atoms with Crippen LogP contribution in [0.4, 0.5) is 0 Å². The van der Waals surface area contributed by atoms with E-state index in [1.54, 1.807) is 0 Å². The Bertz CT molecular complexity index is 458. The molecule has 0 aliphatic heterocycles. The molecule has 1 aromatic carbocycles. The third-order valence-corrected chi connectivity index (χ3v) is 5.54. The molecule has 0 amide bonds. The van der Waals surface area contributed by atoms with Crippen LogP contribution in [-0.4, -0.2) is 43.0 Å². The van der Waals surface area contributed by atoms with Crippen molar-refractivity contribution in [1.29, 1.82) is 0 Å². The van der Waals surface area contributed by atoms with E-state index in [9.17, 15) is 4.79 Å². The summed E-state index contributed by atoms with van der Waals surface area (Å²) in [6.45, 7) is 4.27. The van der Waals surface area contributed by atoms with Crippen LogP contribution in [0.5, 0.6) is 0 Å². The molecular weight excluding hydrogens is 353 g/mol. The normalized spacial score (nSPS) is 12.8. The van der Waals surface area contributed by atoms with E-state index in [0.29, 0.717) is 0 Å². The number of aryl methyl sites for hydroxylation is 2. The van der Waals surface area contributed by atoms with Crippen molar-refractivity contribution >= 4 is 5.97 Å². The maximum absolute atomic E-state index is 11.9. The Morgan fingerprint density at radius 2 is 1.89 bits per heavy atom. The van der Waals surface area contributed by atoms with Gasteiger partial charge in [0.25, 0.3) is 0 Å². The van der Waals surface area contributed by atoms with E-state index in [-0.39, 0.29) is 33.2 Å². The average molecular weight is 376 g/mol. The molecule has 0 fully saturated rings. The minimum atomic E-state index is -0.207. The summed E-state index contributed by atoms with van der Waals surface area (Å²) >= 11 is 0.0114.